The summed E-state index contributed by atoms with van der Waals surface area (Å²) in [6.45, 7) is 3.06. The molecule has 0 aliphatic carbocycles. The molecule has 2 heterocycles. The van der Waals surface area contributed by atoms with Crippen LogP contribution < -0.4 is 4.74 Å². The molecule has 1 aliphatic rings. The molecule has 5 nitrogen and oxygen atoms in total. The zero-order valence-corrected chi connectivity index (χ0v) is 22.4. The molecule has 7 heteroatoms. The number of hydrogen-bond acceptors (Lipinski definition) is 5. The molecular weight excluding hydrogens is 492 g/mol. The zero-order valence-electron chi connectivity index (χ0n) is 20.9. The number of benzene rings is 2. The SMILES string of the molecule is COc1ccc2nccc(CCCC3CCN(CCSc4ccccc4Cl)CC3CCC(=O)O)c2c1. The van der Waals surface area contributed by atoms with Crippen LogP contribution in [0.5, 0.6) is 5.75 Å². The average molecular weight is 527 g/mol. The van der Waals surface area contributed by atoms with E-state index < -0.39 is 5.97 Å². The molecule has 1 aliphatic heterocycles. The van der Waals surface area contributed by atoms with Crippen molar-refractivity contribution in [2.24, 2.45) is 11.8 Å². The fraction of sp³-hybridized carbons (Fsp3) is 0.448. The molecule has 0 amide bonds. The summed E-state index contributed by atoms with van der Waals surface area (Å²) in [7, 11) is 1.69. The Bertz CT molecular complexity index is 1160. The van der Waals surface area contributed by atoms with E-state index in [2.05, 4.69) is 28.1 Å². The second-order valence-electron chi connectivity index (χ2n) is 9.57. The van der Waals surface area contributed by atoms with Crippen molar-refractivity contribution in [1.29, 1.82) is 0 Å². The van der Waals surface area contributed by atoms with E-state index in [-0.39, 0.29) is 6.42 Å². The van der Waals surface area contributed by atoms with Crippen molar-refractivity contribution in [3.8, 4) is 5.75 Å². The van der Waals surface area contributed by atoms with Crippen LogP contribution in [0.25, 0.3) is 10.9 Å². The molecule has 0 bridgehead atoms. The molecule has 4 rings (SSSR count). The lowest BCUT2D eigenvalue weighted by atomic mass is 9.79. The van der Waals surface area contributed by atoms with Crippen molar-refractivity contribution >= 4 is 40.2 Å². The first kappa shape index (κ1) is 26.8. The number of methoxy groups -OCH3 is 1. The molecule has 2 aromatic carbocycles. The van der Waals surface area contributed by atoms with Gasteiger partial charge in [-0.3, -0.25) is 9.78 Å². The number of carbonyl (C=O) groups is 1. The van der Waals surface area contributed by atoms with E-state index in [1.54, 1.807) is 18.9 Å². The van der Waals surface area contributed by atoms with E-state index >= 15 is 0 Å². The Hall–Kier alpha value is -2.28. The maximum absolute atomic E-state index is 11.3. The standard InChI is InChI=1S/C29H35ClN2O3S/c1-35-24-10-11-27-25(19-24)22(13-15-31-27)6-4-5-21-14-16-32(20-23(21)9-12-29(33)34)17-18-36-28-8-3-2-7-26(28)30/h2-3,7-8,10-11,13,15,19,21,23H,4-6,9,12,14,16-18,20H2,1H3,(H,33,34). The number of rotatable bonds is 12. The van der Waals surface area contributed by atoms with Gasteiger partial charge in [-0.25, -0.2) is 0 Å². The van der Waals surface area contributed by atoms with Crippen LogP contribution in [-0.2, 0) is 11.2 Å². The summed E-state index contributed by atoms with van der Waals surface area (Å²) in [6, 6.07) is 16.1. The molecule has 1 aromatic heterocycles. The van der Waals surface area contributed by atoms with E-state index in [4.69, 9.17) is 16.3 Å². The average Bonchev–Trinajstić information content (AvgIpc) is 2.89. The van der Waals surface area contributed by atoms with Gasteiger partial charge in [-0.05, 0) is 92.4 Å². The van der Waals surface area contributed by atoms with Crippen molar-refractivity contribution < 1.29 is 14.6 Å². The maximum Gasteiger partial charge on any atom is 0.303 e. The number of halogens is 1. The number of nitrogens with zero attached hydrogens (tertiary/aromatic N) is 2. The third kappa shape index (κ3) is 7.37. The van der Waals surface area contributed by atoms with E-state index in [0.29, 0.717) is 11.8 Å². The summed E-state index contributed by atoms with van der Waals surface area (Å²) in [5, 5.41) is 11.3. The highest BCUT2D eigenvalue weighted by molar-refractivity contribution is 7.99. The molecule has 2 unspecified atom stereocenters. The minimum atomic E-state index is -0.697. The highest BCUT2D eigenvalue weighted by atomic mass is 35.5. The number of carboxylic acid groups (broad SMARTS) is 1. The van der Waals surface area contributed by atoms with E-state index in [1.807, 2.05) is 36.5 Å². The van der Waals surface area contributed by atoms with Gasteiger partial charge in [0.25, 0.3) is 0 Å². The monoisotopic (exact) mass is 526 g/mol. The van der Waals surface area contributed by atoms with Crippen LogP contribution in [-0.4, -0.2) is 53.5 Å². The Morgan fingerprint density at radius 2 is 2.06 bits per heavy atom. The third-order valence-electron chi connectivity index (χ3n) is 7.27. The van der Waals surface area contributed by atoms with Gasteiger partial charge in [0.05, 0.1) is 17.6 Å². The highest BCUT2D eigenvalue weighted by Gasteiger charge is 2.29. The van der Waals surface area contributed by atoms with Gasteiger partial charge in [0.2, 0.25) is 0 Å². The summed E-state index contributed by atoms with van der Waals surface area (Å²) < 4.78 is 5.42. The first-order chi connectivity index (χ1) is 17.5. The quantitative estimate of drug-likeness (QED) is 0.261. The molecule has 192 valence electrons. The van der Waals surface area contributed by atoms with Gasteiger partial charge >= 0.3 is 5.97 Å². The Morgan fingerprint density at radius 3 is 2.86 bits per heavy atom. The molecule has 1 saturated heterocycles. The van der Waals surface area contributed by atoms with Gasteiger partial charge in [0.1, 0.15) is 5.75 Å². The molecule has 0 spiro atoms. The smallest absolute Gasteiger partial charge is 0.303 e. The van der Waals surface area contributed by atoms with Crippen LogP contribution in [0.15, 0.2) is 59.6 Å². The largest absolute Gasteiger partial charge is 0.497 e. The number of likely N-dealkylation sites (tertiary alicyclic amines) is 1. The number of piperidine rings is 1. The number of aromatic nitrogens is 1. The number of fused-ring (bicyclic) bond motifs is 1. The zero-order chi connectivity index (χ0) is 25.3. The number of hydrogen-bond donors (Lipinski definition) is 1. The number of pyridine rings is 1. The fourth-order valence-corrected chi connectivity index (χ4v) is 6.55. The van der Waals surface area contributed by atoms with Crippen molar-refractivity contribution in [3.63, 3.8) is 0 Å². The number of thioether (sulfide) groups is 1. The van der Waals surface area contributed by atoms with E-state index in [9.17, 15) is 9.90 Å². The second-order valence-corrected chi connectivity index (χ2v) is 11.1. The predicted molar refractivity (Wildman–Crippen MR) is 148 cm³/mol. The number of carboxylic acids is 1. The van der Waals surface area contributed by atoms with Crippen molar-refractivity contribution in [2.75, 3.05) is 32.5 Å². The van der Waals surface area contributed by atoms with Crippen LogP contribution >= 0.6 is 23.4 Å². The van der Waals surface area contributed by atoms with Crippen LogP contribution in [0.4, 0.5) is 0 Å². The van der Waals surface area contributed by atoms with Gasteiger partial charge in [-0.2, -0.15) is 0 Å². The van der Waals surface area contributed by atoms with Gasteiger partial charge in [0, 0.05) is 41.7 Å². The van der Waals surface area contributed by atoms with Gasteiger partial charge in [-0.15, -0.1) is 11.8 Å². The normalized spacial score (nSPS) is 18.4. The molecule has 0 saturated carbocycles. The Balaban J connectivity index is 1.32. The van der Waals surface area contributed by atoms with Crippen LogP contribution in [0.2, 0.25) is 5.02 Å². The van der Waals surface area contributed by atoms with Gasteiger partial charge in [0.15, 0.2) is 0 Å². The molecule has 3 aromatic rings. The predicted octanol–water partition coefficient (Wildman–Crippen LogP) is 6.81. The van der Waals surface area contributed by atoms with Gasteiger partial charge in [-0.1, -0.05) is 23.7 Å². The first-order valence-electron chi connectivity index (χ1n) is 12.8. The highest BCUT2D eigenvalue weighted by Crippen LogP contribution is 2.33. The summed E-state index contributed by atoms with van der Waals surface area (Å²) in [4.78, 5) is 19.5. The van der Waals surface area contributed by atoms with Crippen LogP contribution in [0, 0.1) is 11.8 Å². The maximum atomic E-state index is 11.3. The topological polar surface area (TPSA) is 62.7 Å². The number of aryl methyl sites for hydroxylation is 1. The number of aliphatic carboxylic acids is 1. The Kier molecular flexibility index (Phi) is 9.90. The van der Waals surface area contributed by atoms with Crippen LogP contribution in [0.3, 0.4) is 0 Å². The molecule has 1 fully saturated rings. The fourth-order valence-electron chi connectivity index (χ4n) is 5.30. The summed E-state index contributed by atoms with van der Waals surface area (Å²) in [5.74, 6) is 2.13. The summed E-state index contributed by atoms with van der Waals surface area (Å²) in [6.07, 6.45) is 7.23. The van der Waals surface area contributed by atoms with Crippen molar-refractivity contribution in [2.45, 2.75) is 43.4 Å². The molecule has 0 radical (unpaired) electrons. The second kappa shape index (κ2) is 13.3. The first-order valence-corrected chi connectivity index (χ1v) is 14.1. The Labute approximate surface area is 223 Å². The van der Waals surface area contributed by atoms with E-state index in [0.717, 1.165) is 84.1 Å². The Morgan fingerprint density at radius 1 is 1.19 bits per heavy atom. The minimum Gasteiger partial charge on any atom is -0.497 e. The van der Waals surface area contributed by atoms with Crippen molar-refractivity contribution in [1.82, 2.24) is 9.88 Å². The lowest BCUT2D eigenvalue weighted by Gasteiger charge is -2.39. The minimum absolute atomic E-state index is 0.248. The summed E-state index contributed by atoms with van der Waals surface area (Å²) in [5.41, 5.74) is 2.30. The van der Waals surface area contributed by atoms with Gasteiger partial charge < -0.3 is 14.7 Å². The molecule has 2 atom stereocenters. The lowest BCUT2D eigenvalue weighted by Crippen LogP contribution is -2.41. The molecule has 36 heavy (non-hydrogen) atoms. The molecule has 1 N–H and O–H groups in total. The lowest BCUT2D eigenvalue weighted by molar-refractivity contribution is -0.137. The number of ether oxygens (including phenoxy) is 1. The van der Waals surface area contributed by atoms with E-state index in [1.165, 1.54) is 5.56 Å². The molecular formula is C29H35ClN2O3S. The third-order valence-corrected chi connectivity index (χ3v) is 8.76. The van der Waals surface area contributed by atoms with Crippen molar-refractivity contribution in [3.05, 3.63) is 65.3 Å². The van der Waals surface area contributed by atoms with Crippen LogP contribution in [0.1, 0.15) is 37.7 Å². The summed E-state index contributed by atoms with van der Waals surface area (Å²) >= 11 is 8.09.